The predicted octanol–water partition coefficient (Wildman–Crippen LogP) is 4.07. The molecule has 1 fully saturated rings. The summed E-state index contributed by atoms with van der Waals surface area (Å²) in [5, 5.41) is 25.1. The molecule has 0 saturated carbocycles. The zero-order chi connectivity index (χ0) is 22.9. The van der Waals surface area contributed by atoms with Crippen molar-refractivity contribution < 1.29 is 15.0 Å². The lowest BCUT2D eigenvalue weighted by atomic mass is 10.0. The number of nitrogens with one attached hydrogen (secondary N) is 1. The summed E-state index contributed by atoms with van der Waals surface area (Å²) in [6.07, 6.45) is 6.02. The number of aliphatic imine (C=N–C) groups is 1. The number of aromatic amines is 1. The fraction of sp³-hybridized carbons (Fsp3) is 0.240. The maximum Gasteiger partial charge on any atom is 0.335 e. The van der Waals surface area contributed by atoms with Crippen LogP contribution in [-0.4, -0.2) is 54.6 Å². The molecule has 4 aromatic rings. The number of fused-ring (bicyclic) bond motifs is 1. The van der Waals surface area contributed by atoms with Gasteiger partial charge in [0, 0.05) is 36.3 Å². The van der Waals surface area contributed by atoms with Gasteiger partial charge in [-0.05, 0) is 61.8 Å². The molecule has 1 aliphatic rings. The number of aromatic carboxylic acids is 1. The number of carboxylic acids is 1. The standard InChI is InChI=1S/C25H25N5O3/c1-29-15-18(13-26-29)23(22-20-12-17(25(32)33)6-9-21(20)28-24(22)31)27-19-7-4-16(5-8-19)14-30-10-2-3-11-30/h4-9,12-13,15,28,31H,2-3,10-11,14H2,1H3,(H,32,33). The number of carboxylic acid groups (broad SMARTS) is 1. The van der Waals surface area contributed by atoms with Gasteiger partial charge < -0.3 is 15.2 Å². The monoisotopic (exact) mass is 443 g/mol. The van der Waals surface area contributed by atoms with Crippen LogP contribution < -0.4 is 0 Å². The van der Waals surface area contributed by atoms with Crippen molar-refractivity contribution in [3.8, 4) is 5.88 Å². The zero-order valence-corrected chi connectivity index (χ0v) is 18.3. The molecule has 0 spiro atoms. The fourth-order valence-electron chi connectivity index (χ4n) is 4.36. The molecule has 0 amide bonds. The van der Waals surface area contributed by atoms with Crippen LogP contribution in [0.2, 0.25) is 0 Å². The highest BCUT2D eigenvalue weighted by Crippen LogP contribution is 2.32. The molecule has 8 heteroatoms. The summed E-state index contributed by atoms with van der Waals surface area (Å²) < 4.78 is 1.67. The van der Waals surface area contributed by atoms with Crippen molar-refractivity contribution in [3.05, 3.63) is 77.1 Å². The second-order valence-corrected chi connectivity index (χ2v) is 8.43. The molecule has 8 nitrogen and oxygen atoms in total. The van der Waals surface area contributed by atoms with Crippen LogP contribution >= 0.6 is 0 Å². The predicted molar refractivity (Wildman–Crippen MR) is 126 cm³/mol. The maximum absolute atomic E-state index is 11.5. The first-order valence-electron chi connectivity index (χ1n) is 11.0. The lowest BCUT2D eigenvalue weighted by molar-refractivity contribution is 0.0697. The van der Waals surface area contributed by atoms with Gasteiger partial charge in [0.1, 0.15) is 0 Å². The van der Waals surface area contributed by atoms with Crippen LogP contribution in [0, 0.1) is 0 Å². The van der Waals surface area contributed by atoms with Gasteiger partial charge in [-0.3, -0.25) is 9.58 Å². The number of rotatable bonds is 6. The molecule has 1 aliphatic heterocycles. The molecule has 5 rings (SSSR count). The highest BCUT2D eigenvalue weighted by atomic mass is 16.4. The Morgan fingerprint density at radius 3 is 2.55 bits per heavy atom. The van der Waals surface area contributed by atoms with Gasteiger partial charge >= 0.3 is 5.97 Å². The van der Waals surface area contributed by atoms with E-state index in [1.54, 1.807) is 23.0 Å². The Bertz CT molecular complexity index is 1340. The van der Waals surface area contributed by atoms with E-state index in [2.05, 4.69) is 27.1 Å². The van der Waals surface area contributed by atoms with E-state index >= 15 is 0 Å². The first-order chi connectivity index (χ1) is 16.0. The van der Waals surface area contributed by atoms with E-state index < -0.39 is 5.97 Å². The molecule has 0 aliphatic carbocycles. The third-order valence-corrected chi connectivity index (χ3v) is 6.02. The normalized spacial score (nSPS) is 14.9. The van der Waals surface area contributed by atoms with E-state index in [9.17, 15) is 15.0 Å². The molecule has 0 radical (unpaired) electrons. The molecule has 0 atom stereocenters. The molecule has 0 unspecified atom stereocenters. The second kappa shape index (κ2) is 8.55. The summed E-state index contributed by atoms with van der Waals surface area (Å²) in [5.74, 6) is -1.10. The number of hydrogen-bond donors (Lipinski definition) is 3. The molecule has 3 heterocycles. The van der Waals surface area contributed by atoms with Crippen LogP contribution in [-0.2, 0) is 13.6 Å². The molecule has 2 aromatic heterocycles. The summed E-state index contributed by atoms with van der Waals surface area (Å²) in [6.45, 7) is 3.22. The third kappa shape index (κ3) is 4.25. The van der Waals surface area contributed by atoms with Gasteiger partial charge in [-0.15, -0.1) is 0 Å². The van der Waals surface area contributed by atoms with E-state index in [1.165, 1.54) is 24.5 Å². The van der Waals surface area contributed by atoms with Crippen molar-refractivity contribution in [1.82, 2.24) is 19.7 Å². The van der Waals surface area contributed by atoms with E-state index in [0.717, 1.165) is 30.9 Å². The Hall–Kier alpha value is -3.91. The smallest absolute Gasteiger partial charge is 0.335 e. The maximum atomic E-state index is 11.5. The molecule has 0 bridgehead atoms. The van der Waals surface area contributed by atoms with E-state index in [-0.39, 0.29) is 11.4 Å². The highest BCUT2D eigenvalue weighted by Gasteiger charge is 2.21. The van der Waals surface area contributed by atoms with Crippen LogP contribution in [0.1, 0.15) is 39.9 Å². The van der Waals surface area contributed by atoms with Gasteiger partial charge in [0.2, 0.25) is 0 Å². The molecule has 168 valence electrons. The zero-order valence-electron chi connectivity index (χ0n) is 18.3. The topological polar surface area (TPSA) is 107 Å². The van der Waals surface area contributed by atoms with Gasteiger partial charge in [-0.1, -0.05) is 12.1 Å². The Kier molecular flexibility index (Phi) is 5.43. The molecule has 2 aromatic carbocycles. The summed E-state index contributed by atoms with van der Waals surface area (Å²) >= 11 is 0. The van der Waals surface area contributed by atoms with Crippen LogP contribution in [0.4, 0.5) is 5.69 Å². The third-order valence-electron chi connectivity index (χ3n) is 6.02. The number of aromatic nitrogens is 3. The number of nitrogens with zero attached hydrogens (tertiary/aromatic N) is 4. The first kappa shape index (κ1) is 21.0. The van der Waals surface area contributed by atoms with Crippen molar-refractivity contribution in [2.45, 2.75) is 19.4 Å². The van der Waals surface area contributed by atoms with Gasteiger partial charge in [0.25, 0.3) is 0 Å². The summed E-state index contributed by atoms with van der Waals surface area (Å²) in [5.41, 5.74) is 4.42. The number of likely N-dealkylation sites (tertiary alicyclic amines) is 1. The minimum absolute atomic E-state index is 0.0687. The minimum atomic E-state index is -1.03. The largest absolute Gasteiger partial charge is 0.494 e. The number of aromatic hydroxyl groups is 1. The average molecular weight is 444 g/mol. The number of hydrogen-bond acceptors (Lipinski definition) is 5. The highest BCUT2D eigenvalue weighted by molar-refractivity contribution is 6.22. The van der Waals surface area contributed by atoms with E-state index in [0.29, 0.717) is 22.2 Å². The average Bonchev–Trinajstić information content (AvgIpc) is 3.53. The van der Waals surface area contributed by atoms with Crippen molar-refractivity contribution in [3.63, 3.8) is 0 Å². The van der Waals surface area contributed by atoms with Gasteiger partial charge in [0.15, 0.2) is 5.88 Å². The quantitative estimate of drug-likeness (QED) is 0.390. The lowest BCUT2D eigenvalue weighted by Gasteiger charge is -2.14. The number of carbonyl (C=O) groups is 1. The molecular formula is C25H25N5O3. The SMILES string of the molecule is Cn1cc(C(=Nc2ccc(CN3CCCC3)cc2)c2c(O)[nH]c3ccc(C(=O)O)cc23)cn1. The number of H-pyrrole nitrogens is 1. The van der Waals surface area contributed by atoms with Crippen molar-refractivity contribution in [1.29, 1.82) is 0 Å². The van der Waals surface area contributed by atoms with Crippen LogP contribution in [0.25, 0.3) is 10.9 Å². The van der Waals surface area contributed by atoms with Crippen LogP contribution in [0.15, 0.2) is 59.9 Å². The summed E-state index contributed by atoms with van der Waals surface area (Å²) in [7, 11) is 1.81. The molecular weight excluding hydrogens is 418 g/mol. The van der Waals surface area contributed by atoms with Crippen LogP contribution in [0.3, 0.4) is 0 Å². The van der Waals surface area contributed by atoms with Crippen molar-refractivity contribution >= 4 is 28.3 Å². The first-order valence-corrected chi connectivity index (χ1v) is 11.0. The van der Waals surface area contributed by atoms with Gasteiger partial charge in [-0.25, -0.2) is 9.79 Å². The Labute approximate surface area is 190 Å². The van der Waals surface area contributed by atoms with E-state index in [4.69, 9.17) is 4.99 Å². The second-order valence-electron chi connectivity index (χ2n) is 8.43. The number of benzene rings is 2. The Morgan fingerprint density at radius 2 is 1.88 bits per heavy atom. The summed E-state index contributed by atoms with van der Waals surface area (Å²) in [4.78, 5) is 21.8. The van der Waals surface area contributed by atoms with Crippen LogP contribution in [0.5, 0.6) is 5.88 Å². The minimum Gasteiger partial charge on any atom is -0.494 e. The molecule has 3 N–H and O–H groups in total. The van der Waals surface area contributed by atoms with Gasteiger partial charge in [0.05, 0.1) is 28.7 Å². The molecule has 33 heavy (non-hydrogen) atoms. The number of aryl methyl sites for hydroxylation is 1. The van der Waals surface area contributed by atoms with Crippen molar-refractivity contribution in [2.24, 2.45) is 12.0 Å². The Morgan fingerprint density at radius 1 is 1.12 bits per heavy atom. The Balaban J connectivity index is 1.59. The summed E-state index contributed by atoms with van der Waals surface area (Å²) in [6, 6.07) is 12.8. The van der Waals surface area contributed by atoms with Gasteiger partial charge in [-0.2, -0.15) is 5.10 Å². The molecule has 1 saturated heterocycles. The fourth-order valence-corrected chi connectivity index (χ4v) is 4.36. The lowest BCUT2D eigenvalue weighted by Crippen LogP contribution is -2.18. The van der Waals surface area contributed by atoms with Crippen molar-refractivity contribution in [2.75, 3.05) is 13.1 Å². The van der Waals surface area contributed by atoms with E-state index in [1.807, 2.05) is 25.4 Å².